The second-order valence-electron chi connectivity index (χ2n) is 4.33. The number of furan rings is 1. The standard InChI is InChI=1S/C14H17NO3S/c1-2-9-19(16,17)14-5-3-13(4-6-14)15-10-12-7-8-18-11-12/h3-8,11,15H,2,9-10H2,1H3. The first-order valence-corrected chi connectivity index (χ1v) is 7.85. The molecule has 1 heterocycles. The third kappa shape index (κ3) is 3.61. The van der Waals surface area contributed by atoms with E-state index in [1.54, 1.807) is 36.8 Å². The van der Waals surface area contributed by atoms with Crippen LogP contribution in [0.4, 0.5) is 5.69 Å². The van der Waals surface area contributed by atoms with Crippen LogP contribution in [0.25, 0.3) is 0 Å². The molecule has 0 spiro atoms. The molecule has 5 heteroatoms. The van der Waals surface area contributed by atoms with Crippen molar-refractivity contribution in [1.82, 2.24) is 0 Å². The Morgan fingerprint density at radius 3 is 2.47 bits per heavy atom. The highest BCUT2D eigenvalue weighted by molar-refractivity contribution is 7.91. The van der Waals surface area contributed by atoms with E-state index in [1.807, 2.05) is 13.0 Å². The van der Waals surface area contributed by atoms with Gasteiger partial charge in [0.2, 0.25) is 0 Å². The van der Waals surface area contributed by atoms with Crippen LogP contribution in [0.5, 0.6) is 0 Å². The highest BCUT2D eigenvalue weighted by atomic mass is 32.2. The average Bonchev–Trinajstić information content (AvgIpc) is 2.90. The summed E-state index contributed by atoms with van der Waals surface area (Å²) >= 11 is 0. The minimum Gasteiger partial charge on any atom is -0.472 e. The van der Waals surface area contributed by atoms with Crippen LogP contribution in [0.3, 0.4) is 0 Å². The maximum Gasteiger partial charge on any atom is 0.178 e. The maximum absolute atomic E-state index is 11.9. The van der Waals surface area contributed by atoms with Crippen LogP contribution < -0.4 is 5.32 Å². The van der Waals surface area contributed by atoms with Crippen molar-refractivity contribution in [3.8, 4) is 0 Å². The number of rotatable bonds is 6. The number of benzene rings is 1. The topological polar surface area (TPSA) is 59.3 Å². The van der Waals surface area contributed by atoms with Gasteiger partial charge >= 0.3 is 0 Å². The van der Waals surface area contributed by atoms with Gasteiger partial charge in [-0.05, 0) is 36.8 Å². The zero-order valence-electron chi connectivity index (χ0n) is 10.8. The molecular weight excluding hydrogens is 262 g/mol. The smallest absolute Gasteiger partial charge is 0.178 e. The molecule has 0 saturated carbocycles. The molecule has 0 aliphatic carbocycles. The fourth-order valence-electron chi connectivity index (χ4n) is 1.76. The number of anilines is 1. The van der Waals surface area contributed by atoms with Crippen molar-refractivity contribution in [2.45, 2.75) is 24.8 Å². The van der Waals surface area contributed by atoms with E-state index in [-0.39, 0.29) is 5.75 Å². The SMILES string of the molecule is CCCS(=O)(=O)c1ccc(NCc2ccoc2)cc1. The first kappa shape index (κ1) is 13.7. The molecule has 0 radical (unpaired) electrons. The van der Waals surface area contributed by atoms with E-state index >= 15 is 0 Å². The molecule has 0 fully saturated rings. The Labute approximate surface area is 113 Å². The van der Waals surface area contributed by atoms with Gasteiger partial charge in [-0.1, -0.05) is 6.92 Å². The van der Waals surface area contributed by atoms with Gasteiger partial charge in [0, 0.05) is 17.8 Å². The molecule has 1 aromatic carbocycles. The Kier molecular flexibility index (Phi) is 4.27. The van der Waals surface area contributed by atoms with Crippen LogP contribution in [-0.2, 0) is 16.4 Å². The van der Waals surface area contributed by atoms with E-state index in [2.05, 4.69) is 5.32 Å². The summed E-state index contributed by atoms with van der Waals surface area (Å²) in [4.78, 5) is 0.378. The molecule has 0 unspecified atom stereocenters. The lowest BCUT2D eigenvalue weighted by molar-refractivity contribution is 0.564. The van der Waals surface area contributed by atoms with Crippen LogP contribution in [-0.4, -0.2) is 14.2 Å². The zero-order chi connectivity index (χ0) is 13.7. The van der Waals surface area contributed by atoms with Crippen molar-refractivity contribution in [3.05, 3.63) is 48.4 Å². The average molecular weight is 279 g/mol. The molecular formula is C14H17NO3S. The monoisotopic (exact) mass is 279 g/mol. The molecule has 0 atom stereocenters. The largest absolute Gasteiger partial charge is 0.472 e. The first-order chi connectivity index (χ1) is 9.12. The van der Waals surface area contributed by atoms with E-state index in [0.717, 1.165) is 11.3 Å². The summed E-state index contributed by atoms with van der Waals surface area (Å²) in [6.07, 6.45) is 3.92. The molecule has 102 valence electrons. The predicted molar refractivity (Wildman–Crippen MR) is 74.8 cm³/mol. The van der Waals surface area contributed by atoms with Gasteiger partial charge in [0.15, 0.2) is 9.84 Å². The molecule has 1 N–H and O–H groups in total. The maximum atomic E-state index is 11.9. The van der Waals surface area contributed by atoms with Crippen molar-refractivity contribution >= 4 is 15.5 Å². The third-order valence-electron chi connectivity index (χ3n) is 2.76. The summed E-state index contributed by atoms with van der Waals surface area (Å²) in [6.45, 7) is 2.51. The predicted octanol–water partition coefficient (Wildman–Crippen LogP) is 3.08. The van der Waals surface area contributed by atoms with Gasteiger partial charge in [0.1, 0.15) is 0 Å². The van der Waals surface area contributed by atoms with E-state index in [1.165, 1.54) is 0 Å². The van der Waals surface area contributed by atoms with Crippen molar-refractivity contribution in [2.75, 3.05) is 11.1 Å². The number of hydrogen-bond acceptors (Lipinski definition) is 4. The zero-order valence-corrected chi connectivity index (χ0v) is 11.6. The minimum absolute atomic E-state index is 0.189. The van der Waals surface area contributed by atoms with E-state index in [4.69, 9.17) is 4.42 Å². The first-order valence-electron chi connectivity index (χ1n) is 6.19. The molecule has 2 aromatic rings. The van der Waals surface area contributed by atoms with Gasteiger partial charge in [-0.15, -0.1) is 0 Å². The summed E-state index contributed by atoms with van der Waals surface area (Å²) in [5.74, 6) is 0.189. The molecule has 19 heavy (non-hydrogen) atoms. The lowest BCUT2D eigenvalue weighted by Gasteiger charge is -2.07. The van der Waals surface area contributed by atoms with E-state index in [0.29, 0.717) is 17.9 Å². The molecule has 4 nitrogen and oxygen atoms in total. The summed E-state index contributed by atoms with van der Waals surface area (Å²) < 4.78 is 28.7. The summed E-state index contributed by atoms with van der Waals surface area (Å²) in [5, 5.41) is 3.20. The van der Waals surface area contributed by atoms with Crippen LogP contribution >= 0.6 is 0 Å². The van der Waals surface area contributed by atoms with Crippen molar-refractivity contribution in [3.63, 3.8) is 0 Å². The molecule has 2 rings (SSSR count). The van der Waals surface area contributed by atoms with Gasteiger partial charge < -0.3 is 9.73 Å². The second-order valence-corrected chi connectivity index (χ2v) is 6.44. The van der Waals surface area contributed by atoms with Crippen LogP contribution in [0.1, 0.15) is 18.9 Å². The Morgan fingerprint density at radius 2 is 1.89 bits per heavy atom. The fourth-order valence-corrected chi connectivity index (χ4v) is 3.09. The van der Waals surface area contributed by atoms with Gasteiger partial charge in [0.05, 0.1) is 23.2 Å². The molecule has 0 aliphatic heterocycles. The van der Waals surface area contributed by atoms with Crippen molar-refractivity contribution in [1.29, 1.82) is 0 Å². The Balaban J connectivity index is 2.02. The van der Waals surface area contributed by atoms with Crippen LogP contribution in [0.2, 0.25) is 0 Å². The number of nitrogens with one attached hydrogen (secondary N) is 1. The minimum atomic E-state index is -3.13. The highest BCUT2D eigenvalue weighted by Crippen LogP contribution is 2.16. The van der Waals surface area contributed by atoms with E-state index < -0.39 is 9.84 Å². The molecule has 0 bridgehead atoms. The lowest BCUT2D eigenvalue weighted by atomic mass is 10.3. The summed E-state index contributed by atoms with van der Waals surface area (Å²) in [7, 11) is -3.13. The van der Waals surface area contributed by atoms with E-state index in [9.17, 15) is 8.42 Å². The van der Waals surface area contributed by atoms with Gasteiger partial charge in [-0.3, -0.25) is 0 Å². The summed E-state index contributed by atoms with van der Waals surface area (Å²) in [6, 6.07) is 8.73. The van der Waals surface area contributed by atoms with Crippen LogP contribution in [0, 0.1) is 0 Å². The number of sulfone groups is 1. The third-order valence-corrected chi connectivity index (χ3v) is 4.70. The molecule has 0 amide bonds. The van der Waals surface area contributed by atoms with Crippen molar-refractivity contribution < 1.29 is 12.8 Å². The summed E-state index contributed by atoms with van der Waals surface area (Å²) in [5.41, 5.74) is 1.93. The fraction of sp³-hybridized carbons (Fsp3) is 0.286. The highest BCUT2D eigenvalue weighted by Gasteiger charge is 2.12. The normalized spacial score (nSPS) is 11.4. The van der Waals surface area contributed by atoms with Crippen molar-refractivity contribution in [2.24, 2.45) is 0 Å². The molecule has 0 saturated heterocycles. The number of hydrogen-bond donors (Lipinski definition) is 1. The van der Waals surface area contributed by atoms with Crippen LogP contribution in [0.15, 0.2) is 52.2 Å². The van der Waals surface area contributed by atoms with Gasteiger partial charge in [0.25, 0.3) is 0 Å². The Hall–Kier alpha value is -1.75. The lowest BCUT2D eigenvalue weighted by Crippen LogP contribution is -2.06. The Bertz CT molecular complexity index is 601. The molecule has 1 aromatic heterocycles. The second kappa shape index (κ2) is 5.93. The van der Waals surface area contributed by atoms with Gasteiger partial charge in [-0.25, -0.2) is 8.42 Å². The Morgan fingerprint density at radius 1 is 1.16 bits per heavy atom. The quantitative estimate of drug-likeness (QED) is 0.882. The van der Waals surface area contributed by atoms with Gasteiger partial charge in [-0.2, -0.15) is 0 Å². The molecule has 0 aliphatic rings.